The van der Waals surface area contributed by atoms with Gasteiger partial charge in [-0.1, -0.05) is 6.07 Å². The van der Waals surface area contributed by atoms with Gasteiger partial charge in [0.05, 0.1) is 5.56 Å². The molecular weight excluding hydrogens is 208 g/mol. The Kier molecular flexibility index (Phi) is 2.36. The van der Waals surface area contributed by atoms with Crippen LogP contribution in [0.25, 0.3) is 11.1 Å². The predicted molar refractivity (Wildman–Crippen MR) is 58.4 cm³/mol. The molecule has 0 aliphatic rings. The summed E-state index contributed by atoms with van der Waals surface area (Å²) in [5, 5.41) is 18.5. The van der Waals surface area contributed by atoms with Crippen LogP contribution in [0.3, 0.4) is 0 Å². The molecule has 2 aromatic rings. The van der Waals surface area contributed by atoms with E-state index in [4.69, 9.17) is 5.11 Å². The van der Waals surface area contributed by atoms with Gasteiger partial charge in [0, 0.05) is 6.20 Å². The highest BCUT2D eigenvalue weighted by molar-refractivity contribution is 5.65. The molecule has 1 heterocycles. The molecular formula is C11H10N2O3. The van der Waals surface area contributed by atoms with Crippen molar-refractivity contribution >= 4 is 0 Å². The minimum absolute atomic E-state index is 0.222. The third-order valence-corrected chi connectivity index (χ3v) is 2.21. The molecule has 1 aromatic heterocycles. The highest BCUT2D eigenvalue weighted by Crippen LogP contribution is 2.28. The molecule has 1 aromatic carbocycles. The zero-order valence-electron chi connectivity index (χ0n) is 8.56. The molecule has 82 valence electrons. The molecule has 0 unspecified atom stereocenters. The molecule has 0 spiro atoms. The molecule has 0 saturated carbocycles. The van der Waals surface area contributed by atoms with Gasteiger partial charge < -0.3 is 15.2 Å². The number of nitrogens with zero attached hydrogens (tertiary/aromatic N) is 1. The molecule has 0 fully saturated rings. The maximum absolute atomic E-state index is 11.6. The molecule has 2 rings (SSSR count). The smallest absolute Gasteiger partial charge is 0.258 e. The number of aryl methyl sites for hydroxylation is 1. The average molecular weight is 218 g/mol. The first kappa shape index (κ1) is 10.2. The fourth-order valence-electron chi connectivity index (χ4n) is 1.38. The van der Waals surface area contributed by atoms with Gasteiger partial charge in [-0.2, -0.15) is 0 Å². The molecule has 16 heavy (non-hydrogen) atoms. The van der Waals surface area contributed by atoms with E-state index >= 15 is 0 Å². The van der Waals surface area contributed by atoms with Gasteiger partial charge in [-0.25, -0.2) is 4.98 Å². The number of hydrogen-bond acceptors (Lipinski definition) is 4. The lowest BCUT2D eigenvalue weighted by molar-refractivity contribution is 0.404. The summed E-state index contributed by atoms with van der Waals surface area (Å²) in [6, 6.07) is 4.18. The van der Waals surface area contributed by atoms with Gasteiger partial charge in [0.15, 0.2) is 11.5 Å². The van der Waals surface area contributed by atoms with Crippen molar-refractivity contribution in [2.45, 2.75) is 6.92 Å². The summed E-state index contributed by atoms with van der Waals surface area (Å²) in [7, 11) is 0. The van der Waals surface area contributed by atoms with Crippen LogP contribution in [0.1, 0.15) is 5.82 Å². The highest BCUT2D eigenvalue weighted by Gasteiger charge is 2.07. The Balaban J connectivity index is 2.59. The molecule has 0 saturated heterocycles. The van der Waals surface area contributed by atoms with Crippen LogP contribution >= 0.6 is 0 Å². The Hall–Kier alpha value is -2.30. The summed E-state index contributed by atoms with van der Waals surface area (Å²) in [5.74, 6) is 0.0366. The second-order valence-corrected chi connectivity index (χ2v) is 3.41. The second-order valence-electron chi connectivity index (χ2n) is 3.41. The van der Waals surface area contributed by atoms with Crippen LogP contribution in [0.5, 0.6) is 11.5 Å². The van der Waals surface area contributed by atoms with Gasteiger partial charge in [-0.3, -0.25) is 4.79 Å². The first-order valence-electron chi connectivity index (χ1n) is 4.66. The third-order valence-electron chi connectivity index (χ3n) is 2.21. The van der Waals surface area contributed by atoms with Crippen LogP contribution in [0.4, 0.5) is 0 Å². The van der Waals surface area contributed by atoms with Crippen LogP contribution in [0.15, 0.2) is 29.2 Å². The molecule has 0 aliphatic heterocycles. The topological polar surface area (TPSA) is 86.2 Å². The van der Waals surface area contributed by atoms with E-state index in [1.807, 2.05) is 0 Å². The quantitative estimate of drug-likeness (QED) is 0.627. The Labute approximate surface area is 91.0 Å². The average Bonchev–Trinajstić information content (AvgIpc) is 2.22. The Bertz CT molecular complexity index is 590. The highest BCUT2D eigenvalue weighted by atomic mass is 16.3. The van der Waals surface area contributed by atoms with Crippen molar-refractivity contribution in [3.63, 3.8) is 0 Å². The number of benzene rings is 1. The van der Waals surface area contributed by atoms with E-state index in [2.05, 4.69) is 9.97 Å². The SMILES string of the molecule is Cc1ncc(-c2ccc(O)c(O)c2)c(=O)[nH]1. The van der Waals surface area contributed by atoms with Gasteiger partial charge in [-0.15, -0.1) is 0 Å². The van der Waals surface area contributed by atoms with E-state index in [-0.39, 0.29) is 17.1 Å². The number of aromatic hydroxyl groups is 2. The Morgan fingerprint density at radius 1 is 1.25 bits per heavy atom. The summed E-state index contributed by atoms with van der Waals surface area (Å²) in [6.07, 6.45) is 1.43. The zero-order chi connectivity index (χ0) is 11.7. The van der Waals surface area contributed by atoms with Crippen molar-refractivity contribution in [3.05, 3.63) is 40.6 Å². The first-order chi connectivity index (χ1) is 7.58. The van der Waals surface area contributed by atoms with Gasteiger partial charge >= 0.3 is 0 Å². The maximum atomic E-state index is 11.6. The normalized spacial score (nSPS) is 10.3. The molecule has 5 heteroatoms. The lowest BCUT2D eigenvalue weighted by atomic mass is 10.1. The number of phenolic OH excluding ortho intramolecular Hbond substituents is 2. The van der Waals surface area contributed by atoms with E-state index in [1.165, 1.54) is 24.4 Å². The van der Waals surface area contributed by atoms with Crippen molar-refractivity contribution in [2.75, 3.05) is 0 Å². The van der Waals surface area contributed by atoms with Crippen LogP contribution in [0.2, 0.25) is 0 Å². The van der Waals surface area contributed by atoms with Crippen molar-refractivity contribution in [1.29, 1.82) is 0 Å². The van der Waals surface area contributed by atoms with Gasteiger partial charge in [0.1, 0.15) is 5.82 Å². The molecule has 0 radical (unpaired) electrons. The largest absolute Gasteiger partial charge is 0.504 e. The standard InChI is InChI=1S/C11H10N2O3/c1-6-12-5-8(11(16)13-6)7-2-3-9(14)10(15)4-7/h2-5,14-15H,1H3,(H,12,13,16). The van der Waals surface area contributed by atoms with E-state index in [1.54, 1.807) is 6.92 Å². The fourth-order valence-corrected chi connectivity index (χ4v) is 1.38. The Morgan fingerprint density at radius 3 is 2.62 bits per heavy atom. The number of hydrogen-bond donors (Lipinski definition) is 3. The number of phenols is 2. The van der Waals surface area contributed by atoms with Gasteiger partial charge in [0.25, 0.3) is 5.56 Å². The van der Waals surface area contributed by atoms with Crippen molar-refractivity contribution in [2.24, 2.45) is 0 Å². The van der Waals surface area contributed by atoms with Crippen molar-refractivity contribution < 1.29 is 10.2 Å². The third kappa shape index (κ3) is 1.75. The minimum atomic E-state index is -0.280. The molecule has 5 nitrogen and oxygen atoms in total. The van der Waals surface area contributed by atoms with Gasteiger partial charge in [-0.05, 0) is 24.6 Å². The molecule has 0 bridgehead atoms. The van der Waals surface area contributed by atoms with Crippen LogP contribution in [-0.4, -0.2) is 20.2 Å². The van der Waals surface area contributed by atoms with Crippen LogP contribution in [-0.2, 0) is 0 Å². The van der Waals surface area contributed by atoms with Crippen molar-refractivity contribution in [1.82, 2.24) is 9.97 Å². The van der Waals surface area contributed by atoms with E-state index in [0.29, 0.717) is 17.0 Å². The number of nitrogens with one attached hydrogen (secondary N) is 1. The predicted octanol–water partition coefficient (Wildman–Crippen LogP) is 1.16. The van der Waals surface area contributed by atoms with Crippen molar-refractivity contribution in [3.8, 4) is 22.6 Å². The number of aromatic amines is 1. The number of rotatable bonds is 1. The Morgan fingerprint density at radius 2 is 2.00 bits per heavy atom. The fraction of sp³-hybridized carbons (Fsp3) is 0.0909. The lowest BCUT2D eigenvalue weighted by Gasteiger charge is -2.02. The minimum Gasteiger partial charge on any atom is -0.504 e. The van der Waals surface area contributed by atoms with Crippen LogP contribution < -0.4 is 5.56 Å². The van der Waals surface area contributed by atoms with E-state index in [0.717, 1.165) is 0 Å². The monoisotopic (exact) mass is 218 g/mol. The number of aromatic nitrogens is 2. The van der Waals surface area contributed by atoms with Gasteiger partial charge in [0.2, 0.25) is 0 Å². The maximum Gasteiger partial charge on any atom is 0.258 e. The lowest BCUT2D eigenvalue weighted by Crippen LogP contribution is -2.11. The molecule has 3 N–H and O–H groups in total. The number of H-pyrrole nitrogens is 1. The first-order valence-corrected chi connectivity index (χ1v) is 4.66. The molecule has 0 amide bonds. The molecule has 0 aliphatic carbocycles. The van der Waals surface area contributed by atoms with E-state index < -0.39 is 0 Å². The zero-order valence-corrected chi connectivity index (χ0v) is 8.56. The van der Waals surface area contributed by atoms with Crippen LogP contribution in [0, 0.1) is 6.92 Å². The summed E-state index contributed by atoms with van der Waals surface area (Å²) >= 11 is 0. The molecule has 0 atom stereocenters. The summed E-state index contributed by atoms with van der Waals surface area (Å²) in [6.45, 7) is 1.68. The summed E-state index contributed by atoms with van der Waals surface area (Å²) in [5.41, 5.74) is 0.572. The second kappa shape index (κ2) is 3.69. The van der Waals surface area contributed by atoms with E-state index in [9.17, 15) is 9.90 Å². The summed E-state index contributed by atoms with van der Waals surface area (Å²) in [4.78, 5) is 18.1. The summed E-state index contributed by atoms with van der Waals surface area (Å²) < 4.78 is 0.